The van der Waals surface area contributed by atoms with E-state index in [0.29, 0.717) is 48.2 Å². The minimum Gasteiger partial charge on any atom is -0.789 e. The molecule has 0 aromatic heterocycles. The summed E-state index contributed by atoms with van der Waals surface area (Å²) < 4.78 is 0. The van der Waals surface area contributed by atoms with Gasteiger partial charge in [-0.25, -0.2) is 0 Å². The Hall–Kier alpha value is 1.79. The molecule has 6 saturated carbocycles. The molecule has 4 heteroatoms. The molecule has 6 rings (SSSR count). The zero-order chi connectivity index (χ0) is 24.8. The average Bonchev–Trinajstić information content (AvgIpc) is 3.34. The SMILES string of the molecule is CC1(C)C2CCC1(C)C([S-])C2.CC1(C)C2CCC1(C)C([S-])C2.CC1(C)C2CCC1(C)C([S-])C2.[Au+3]. The zero-order valence-electron chi connectivity index (χ0n) is 23.4. The van der Waals surface area contributed by atoms with Gasteiger partial charge in [0.05, 0.1) is 0 Å². The first-order valence-electron chi connectivity index (χ1n) is 13.9. The van der Waals surface area contributed by atoms with Crippen LogP contribution >= 0.6 is 0 Å². The Morgan fingerprint density at radius 2 is 0.647 bits per heavy atom. The number of hydrogen-bond acceptors (Lipinski definition) is 3. The van der Waals surface area contributed by atoms with Gasteiger partial charge in [0.1, 0.15) is 0 Å². The summed E-state index contributed by atoms with van der Waals surface area (Å²) in [6.45, 7) is 21.7. The molecule has 0 aromatic rings. The molecule has 6 aliphatic carbocycles. The molecule has 0 spiro atoms. The standard InChI is InChI=1S/3C10H18S.Au/c3*1-9(2)7-4-5-10(9,3)8(11)6-7;/h3*7-8,11H,4-6H2,1-3H3;/q;;;+3/p-3. The Kier molecular flexibility index (Phi) is 8.44. The van der Waals surface area contributed by atoms with Crippen LogP contribution in [0.25, 0.3) is 0 Å². The van der Waals surface area contributed by atoms with Crippen molar-refractivity contribution in [2.24, 2.45) is 50.2 Å². The van der Waals surface area contributed by atoms with Crippen LogP contribution in [0.1, 0.15) is 120 Å². The van der Waals surface area contributed by atoms with Crippen molar-refractivity contribution in [3.63, 3.8) is 0 Å². The van der Waals surface area contributed by atoms with Gasteiger partial charge >= 0.3 is 22.4 Å². The van der Waals surface area contributed by atoms with Crippen molar-refractivity contribution in [3.8, 4) is 0 Å². The Balaban J connectivity index is 0.000000141. The molecule has 200 valence electrons. The topological polar surface area (TPSA) is 0 Å². The van der Waals surface area contributed by atoms with Gasteiger partial charge in [-0.1, -0.05) is 81.6 Å². The van der Waals surface area contributed by atoms with E-state index in [9.17, 15) is 0 Å². The van der Waals surface area contributed by atoms with E-state index in [2.05, 4.69) is 62.3 Å². The van der Waals surface area contributed by atoms with Crippen LogP contribution in [0.5, 0.6) is 0 Å². The second-order valence-corrected chi connectivity index (χ2v) is 17.0. The van der Waals surface area contributed by atoms with E-state index in [1.807, 2.05) is 0 Å². The Bertz CT molecular complexity index is 662. The van der Waals surface area contributed by atoms with E-state index in [4.69, 9.17) is 37.9 Å². The van der Waals surface area contributed by atoms with Gasteiger partial charge in [0.2, 0.25) is 0 Å². The number of hydrogen-bond donors (Lipinski definition) is 0. The molecule has 9 atom stereocenters. The van der Waals surface area contributed by atoms with Crippen molar-refractivity contribution in [3.05, 3.63) is 0 Å². The van der Waals surface area contributed by atoms with E-state index in [1.165, 1.54) is 57.8 Å². The van der Waals surface area contributed by atoms with Gasteiger partial charge < -0.3 is 37.9 Å². The second-order valence-electron chi connectivity index (χ2n) is 15.3. The Morgan fingerprint density at radius 3 is 0.706 bits per heavy atom. The van der Waals surface area contributed by atoms with E-state index in [0.717, 1.165) is 17.8 Å². The molecule has 9 unspecified atom stereocenters. The molecule has 0 amide bonds. The summed E-state index contributed by atoms with van der Waals surface area (Å²) in [5, 5.41) is 1.66. The van der Waals surface area contributed by atoms with Gasteiger partial charge in [-0.2, -0.15) is 15.7 Å². The van der Waals surface area contributed by atoms with E-state index in [-0.39, 0.29) is 22.4 Å². The van der Waals surface area contributed by atoms with Crippen LogP contribution in [0.3, 0.4) is 0 Å². The summed E-state index contributed by atoms with van der Waals surface area (Å²) in [6.07, 6.45) is 12.3. The van der Waals surface area contributed by atoms with Gasteiger partial charge in [-0.05, 0) is 88.8 Å². The maximum Gasteiger partial charge on any atom is 3.00 e. The maximum absolute atomic E-state index is 5.52. The molecule has 0 N–H and O–H groups in total. The van der Waals surface area contributed by atoms with Gasteiger partial charge in [-0.3, -0.25) is 0 Å². The predicted octanol–water partition coefficient (Wildman–Crippen LogP) is 8.24. The first-order valence-corrected chi connectivity index (χ1v) is 15.3. The van der Waals surface area contributed by atoms with Crippen LogP contribution in [-0.2, 0) is 60.3 Å². The van der Waals surface area contributed by atoms with Crippen molar-refractivity contribution < 1.29 is 22.4 Å². The smallest absolute Gasteiger partial charge is 0.789 e. The summed E-state index contributed by atoms with van der Waals surface area (Å²) in [5.74, 6) is 2.78. The largest absolute Gasteiger partial charge is 3.00 e. The third-order valence-corrected chi connectivity index (χ3v) is 16.3. The van der Waals surface area contributed by atoms with Crippen LogP contribution in [-0.4, -0.2) is 15.7 Å². The fourth-order valence-electron chi connectivity index (χ4n) is 9.39. The minimum atomic E-state index is 0. The molecule has 0 aliphatic heterocycles. The predicted molar refractivity (Wildman–Crippen MR) is 151 cm³/mol. The second kappa shape index (κ2) is 9.46. The number of rotatable bonds is 0. The van der Waals surface area contributed by atoms with Gasteiger partial charge in [0.15, 0.2) is 0 Å². The van der Waals surface area contributed by atoms with Gasteiger partial charge in [-0.15, -0.1) is 0 Å². The van der Waals surface area contributed by atoms with Crippen LogP contribution in [0, 0.1) is 50.2 Å². The molecule has 6 bridgehead atoms. The fraction of sp³-hybridized carbons (Fsp3) is 1.00. The van der Waals surface area contributed by atoms with Crippen molar-refractivity contribution in [2.45, 2.75) is 136 Å². The monoisotopic (exact) mass is 704 g/mol. The summed E-state index contributed by atoms with van der Waals surface area (Å²) in [7, 11) is 0. The van der Waals surface area contributed by atoms with Crippen molar-refractivity contribution in [1.29, 1.82) is 0 Å². The summed E-state index contributed by atoms with van der Waals surface area (Å²) in [6, 6.07) is 0. The first-order chi connectivity index (χ1) is 14.9. The van der Waals surface area contributed by atoms with Crippen molar-refractivity contribution >= 4 is 37.9 Å². The first kappa shape index (κ1) is 30.3. The molecule has 6 fully saturated rings. The quantitative estimate of drug-likeness (QED) is 0.184. The van der Waals surface area contributed by atoms with E-state index >= 15 is 0 Å². The summed E-state index contributed by atoms with van der Waals surface area (Å²) in [5.41, 5.74) is 3.02. The minimum absolute atomic E-state index is 0. The average molecular weight is 705 g/mol. The molecule has 6 aliphatic rings. The summed E-state index contributed by atoms with van der Waals surface area (Å²) in [4.78, 5) is 0. The van der Waals surface area contributed by atoms with Crippen LogP contribution < -0.4 is 0 Å². The van der Waals surface area contributed by atoms with E-state index < -0.39 is 0 Å². The third kappa shape index (κ3) is 4.04. The molecule has 0 nitrogen and oxygen atoms in total. The van der Waals surface area contributed by atoms with Gasteiger partial charge in [0.25, 0.3) is 0 Å². The number of fused-ring (bicyclic) bond motifs is 6. The summed E-state index contributed by atoms with van der Waals surface area (Å²) >= 11 is 16.5. The molecule has 0 radical (unpaired) electrons. The van der Waals surface area contributed by atoms with Crippen molar-refractivity contribution in [2.75, 3.05) is 0 Å². The molecule has 0 heterocycles. The molecular formula is C30H51AuS3. The Labute approximate surface area is 244 Å². The molecule has 0 saturated heterocycles. The van der Waals surface area contributed by atoms with Crippen LogP contribution in [0.4, 0.5) is 0 Å². The molecular weight excluding hydrogens is 653 g/mol. The molecule has 34 heavy (non-hydrogen) atoms. The van der Waals surface area contributed by atoms with Crippen LogP contribution in [0.2, 0.25) is 0 Å². The van der Waals surface area contributed by atoms with Crippen molar-refractivity contribution in [1.82, 2.24) is 0 Å². The Morgan fingerprint density at radius 1 is 0.441 bits per heavy atom. The zero-order valence-corrected chi connectivity index (χ0v) is 28.0. The van der Waals surface area contributed by atoms with E-state index in [1.54, 1.807) is 0 Å². The fourth-order valence-corrected chi connectivity index (χ4v) is 11.4. The van der Waals surface area contributed by atoms with Crippen LogP contribution in [0.15, 0.2) is 0 Å². The maximum atomic E-state index is 5.52. The molecule has 0 aromatic carbocycles. The third-order valence-electron chi connectivity index (χ3n) is 14.1. The normalized spacial score (nSPS) is 51.9. The van der Waals surface area contributed by atoms with Gasteiger partial charge in [0, 0.05) is 0 Å².